The lowest BCUT2D eigenvalue weighted by atomic mass is 10.1. The number of benzene rings is 2. The van der Waals surface area contributed by atoms with E-state index < -0.39 is 0 Å². The van der Waals surface area contributed by atoms with Crippen molar-refractivity contribution in [3.8, 4) is 0 Å². The smallest absolute Gasteiger partial charge is 0.229 e. The van der Waals surface area contributed by atoms with Gasteiger partial charge in [-0.2, -0.15) is 4.98 Å². The van der Waals surface area contributed by atoms with Gasteiger partial charge in [-0.15, -0.1) is 0 Å². The Bertz CT molecular complexity index is 1010. The van der Waals surface area contributed by atoms with Gasteiger partial charge in [-0.3, -0.25) is 4.98 Å². The minimum Gasteiger partial charge on any atom is -0.365 e. The summed E-state index contributed by atoms with van der Waals surface area (Å²) in [6, 6.07) is 20.3. The van der Waals surface area contributed by atoms with Crippen LogP contribution in [0.2, 0.25) is 0 Å². The summed E-state index contributed by atoms with van der Waals surface area (Å²) in [5, 5.41) is 7.66. The lowest BCUT2D eigenvalue weighted by molar-refractivity contribution is 1.10. The third kappa shape index (κ3) is 3.62. The summed E-state index contributed by atoms with van der Waals surface area (Å²) in [4.78, 5) is 13.4. The first-order valence-electron chi connectivity index (χ1n) is 8.51. The van der Waals surface area contributed by atoms with Crippen LogP contribution in [0.4, 0.5) is 17.5 Å². The average Bonchev–Trinajstić information content (AvgIpc) is 2.68. The van der Waals surface area contributed by atoms with Crippen LogP contribution in [0.1, 0.15) is 11.1 Å². The fourth-order valence-electron chi connectivity index (χ4n) is 2.72. The molecule has 4 rings (SSSR count). The van der Waals surface area contributed by atoms with Crippen LogP contribution in [0.15, 0.2) is 73.1 Å². The van der Waals surface area contributed by atoms with Gasteiger partial charge in [0.25, 0.3) is 0 Å². The van der Waals surface area contributed by atoms with E-state index in [1.54, 1.807) is 12.4 Å². The van der Waals surface area contributed by atoms with Crippen molar-refractivity contribution in [2.45, 2.75) is 13.5 Å². The second kappa shape index (κ2) is 7.19. The Morgan fingerprint density at radius 2 is 1.73 bits per heavy atom. The summed E-state index contributed by atoms with van der Waals surface area (Å²) < 4.78 is 0. The first-order valence-corrected chi connectivity index (χ1v) is 8.51. The lowest BCUT2D eigenvalue weighted by Gasteiger charge is -2.12. The summed E-state index contributed by atoms with van der Waals surface area (Å²) >= 11 is 0. The molecule has 0 radical (unpaired) electrons. The van der Waals surface area contributed by atoms with Gasteiger partial charge in [0.05, 0.1) is 17.4 Å². The van der Waals surface area contributed by atoms with Gasteiger partial charge >= 0.3 is 0 Å². The van der Waals surface area contributed by atoms with E-state index >= 15 is 0 Å². The highest BCUT2D eigenvalue weighted by Gasteiger charge is 2.08. The Labute approximate surface area is 152 Å². The molecule has 4 aromatic rings. The van der Waals surface area contributed by atoms with Crippen LogP contribution in [0.5, 0.6) is 0 Å². The van der Waals surface area contributed by atoms with Crippen molar-refractivity contribution < 1.29 is 0 Å². The predicted molar refractivity (Wildman–Crippen MR) is 106 cm³/mol. The van der Waals surface area contributed by atoms with E-state index in [2.05, 4.69) is 56.8 Å². The molecule has 0 saturated carbocycles. The van der Waals surface area contributed by atoms with E-state index in [-0.39, 0.29) is 0 Å². The van der Waals surface area contributed by atoms with E-state index in [9.17, 15) is 0 Å². The van der Waals surface area contributed by atoms with Crippen molar-refractivity contribution in [1.29, 1.82) is 0 Å². The number of hydrogen-bond acceptors (Lipinski definition) is 5. The summed E-state index contributed by atoms with van der Waals surface area (Å²) in [5.74, 6) is 1.35. The number of para-hydroxylation sites is 1. The van der Waals surface area contributed by atoms with Crippen LogP contribution < -0.4 is 10.6 Å². The first kappa shape index (κ1) is 16.0. The predicted octanol–water partition coefficient (Wildman–Crippen LogP) is 4.69. The van der Waals surface area contributed by atoms with E-state index in [1.165, 1.54) is 11.1 Å². The summed E-state index contributed by atoms with van der Waals surface area (Å²) in [7, 11) is 0. The molecule has 0 unspecified atom stereocenters. The molecule has 0 saturated heterocycles. The Balaban J connectivity index is 1.64. The molecule has 2 aromatic heterocycles. The van der Waals surface area contributed by atoms with Gasteiger partial charge in [-0.05, 0) is 36.8 Å². The molecule has 5 nitrogen and oxygen atoms in total. The zero-order valence-corrected chi connectivity index (χ0v) is 14.5. The van der Waals surface area contributed by atoms with E-state index in [0.29, 0.717) is 12.5 Å². The molecule has 0 spiro atoms. The average molecular weight is 341 g/mol. The second-order valence-electron chi connectivity index (χ2n) is 6.12. The molecule has 0 bridgehead atoms. The van der Waals surface area contributed by atoms with Crippen molar-refractivity contribution in [2.75, 3.05) is 10.6 Å². The number of hydrogen-bond donors (Lipinski definition) is 2. The number of rotatable bonds is 5. The fraction of sp³-hybridized carbons (Fsp3) is 0.0952. The van der Waals surface area contributed by atoms with Gasteiger partial charge in [-0.1, -0.05) is 42.0 Å². The number of aromatic nitrogens is 3. The number of pyridine rings is 1. The number of nitrogens with zero attached hydrogens (tertiary/aromatic N) is 3. The monoisotopic (exact) mass is 341 g/mol. The van der Waals surface area contributed by atoms with Crippen molar-refractivity contribution in [2.24, 2.45) is 0 Å². The van der Waals surface area contributed by atoms with Crippen LogP contribution in [0, 0.1) is 6.92 Å². The Morgan fingerprint density at radius 3 is 2.54 bits per heavy atom. The highest BCUT2D eigenvalue weighted by Crippen LogP contribution is 2.24. The van der Waals surface area contributed by atoms with E-state index in [0.717, 1.165) is 22.4 Å². The largest absolute Gasteiger partial charge is 0.365 e. The number of aryl methyl sites for hydroxylation is 1. The van der Waals surface area contributed by atoms with Crippen molar-refractivity contribution in [3.05, 3.63) is 84.2 Å². The summed E-state index contributed by atoms with van der Waals surface area (Å²) in [5.41, 5.74) is 4.21. The van der Waals surface area contributed by atoms with Gasteiger partial charge in [0.2, 0.25) is 5.95 Å². The molecule has 0 fully saturated rings. The molecule has 0 aliphatic carbocycles. The molecule has 0 atom stereocenters. The van der Waals surface area contributed by atoms with Crippen LogP contribution in [0.3, 0.4) is 0 Å². The molecule has 0 amide bonds. The number of fused-ring (bicyclic) bond motifs is 1. The molecule has 0 aliphatic rings. The van der Waals surface area contributed by atoms with Gasteiger partial charge in [0.15, 0.2) is 0 Å². The minimum absolute atomic E-state index is 0.545. The first-order chi connectivity index (χ1) is 12.8. The molecule has 128 valence electrons. The van der Waals surface area contributed by atoms with Crippen molar-refractivity contribution in [3.63, 3.8) is 0 Å². The van der Waals surface area contributed by atoms with Crippen LogP contribution >= 0.6 is 0 Å². The molecule has 0 aliphatic heterocycles. The Hall–Kier alpha value is -3.47. The third-order valence-electron chi connectivity index (χ3n) is 4.10. The van der Waals surface area contributed by atoms with Crippen molar-refractivity contribution >= 4 is 28.4 Å². The molecule has 2 N–H and O–H groups in total. The van der Waals surface area contributed by atoms with Crippen molar-refractivity contribution in [1.82, 2.24) is 15.0 Å². The molecular formula is C21H19N5. The maximum absolute atomic E-state index is 4.67. The SMILES string of the molecule is Cc1ccc(CNc2nc(Nc3cccnc3)nc3ccccc23)cc1. The molecule has 26 heavy (non-hydrogen) atoms. The zero-order valence-electron chi connectivity index (χ0n) is 14.5. The quantitative estimate of drug-likeness (QED) is 0.551. The number of anilines is 3. The summed E-state index contributed by atoms with van der Waals surface area (Å²) in [6.07, 6.45) is 3.49. The molecular weight excluding hydrogens is 322 g/mol. The van der Waals surface area contributed by atoms with Gasteiger partial charge in [0, 0.05) is 18.1 Å². The Morgan fingerprint density at radius 1 is 0.885 bits per heavy atom. The standard InChI is InChI=1S/C21H19N5/c1-15-8-10-16(11-9-15)13-23-20-18-6-2-3-7-19(18)25-21(26-20)24-17-5-4-12-22-14-17/h2-12,14H,13H2,1H3,(H2,23,24,25,26). The number of nitrogens with one attached hydrogen (secondary N) is 2. The normalized spacial score (nSPS) is 10.7. The van der Waals surface area contributed by atoms with E-state index in [1.807, 2.05) is 36.4 Å². The molecule has 2 heterocycles. The third-order valence-corrected chi connectivity index (χ3v) is 4.10. The van der Waals surface area contributed by atoms with Crippen LogP contribution in [0.25, 0.3) is 10.9 Å². The molecule has 5 heteroatoms. The molecule has 2 aromatic carbocycles. The highest BCUT2D eigenvalue weighted by molar-refractivity contribution is 5.90. The topological polar surface area (TPSA) is 62.7 Å². The maximum Gasteiger partial charge on any atom is 0.229 e. The van der Waals surface area contributed by atoms with Crippen LogP contribution in [-0.4, -0.2) is 15.0 Å². The van der Waals surface area contributed by atoms with Crippen LogP contribution in [-0.2, 0) is 6.54 Å². The lowest BCUT2D eigenvalue weighted by Crippen LogP contribution is -2.05. The Kier molecular flexibility index (Phi) is 4.43. The fourth-order valence-corrected chi connectivity index (χ4v) is 2.72. The van der Waals surface area contributed by atoms with Gasteiger partial charge in [0.1, 0.15) is 5.82 Å². The summed E-state index contributed by atoms with van der Waals surface area (Å²) in [6.45, 7) is 2.79. The second-order valence-corrected chi connectivity index (χ2v) is 6.12. The highest BCUT2D eigenvalue weighted by atomic mass is 15.1. The minimum atomic E-state index is 0.545. The van der Waals surface area contributed by atoms with Gasteiger partial charge < -0.3 is 10.6 Å². The van der Waals surface area contributed by atoms with Gasteiger partial charge in [-0.25, -0.2) is 4.98 Å². The van der Waals surface area contributed by atoms with E-state index in [4.69, 9.17) is 0 Å². The maximum atomic E-state index is 4.67. The zero-order chi connectivity index (χ0) is 17.8.